The van der Waals surface area contributed by atoms with E-state index < -0.39 is 18.3 Å². The second kappa shape index (κ2) is 8.59. The molecule has 4 heteroatoms. The van der Waals surface area contributed by atoms with Crippen molar-refractivity contribution in [3.63, 3.8) is 0 Å². The molecule has 0 N–H and O–H groups in total. The maximum atomic E-state index is 9.51. The van der Waals surface area contributed by atoms with E-state index in [1.165, 1.54) is 21.5 Å². The first-order valence-electron chi connectivity index (χ1n) is 12.7. The summed E-state index contributed by atoms with van der Waals surface area (Å²) in [6, 6.07) is 35.9. The van der Waals surface area contributed by atoms with Gasteiger partial charge in [-0.05, 0) is 101 Å². The van der Waals surface area contributed by atoms with Crippen molar-refractivity contribution in [3.05, 3.63) is 103 Å². The van der Waals surface area contributed by atoms with Crippen molar-refractivity contribution in [3.8, 4) is 28.3 Å². The predicted molar refractivity (Wildman–Crippen MR) is 153 cm³/mol. The van der Waals surface area contributed by atoms with Gasteiger partial charge in [0.2, 0.25) is 0 Å². The quantitative estimate of drug-likeness (QED) is 0.198. The third-order valence-electron chi connectivity index (χ3n) is 7.88. The summed E-state index contributed by atoms with van der Waals surface area (Å²) in [7, 11) is -0.491. The van der Waals surface area contributed by atoms with Crippen LogP contribution in [0.15, 0.2) is 97.1 Å². The Morgan fingerprint density at radius 2 is 1.27 bits per heavy atom. The van der Waals surface area contributed by atoms with Crippen LogP contribution in [0.1, 0.15) is 33.3 Å². The molecule has 0 spiro atoms. The maximum Gasteiger partial charge on any atom is 0.494 e. The lowest BCUT2D eigenvalue weighted by molar-refractivity contribution is 0.00578. The third-order valence-corrected chi connectivity index (χ3v) is 7.88. The van der Waals surface area contributed by atoms with Crippen LogP contribution in [0, 0.1) is 11.3 Å². The minimum Gasteiger partial charge on any atom is -0.399 e. The first kappa shape index (κ1) is 23.5. The second-order valence-electron chi connectivity index (χ2n) is 10.8. The first-order valence-corrected chi connectivity index (χ1v) is 12.7. The van der Waals surface area contributed by atoms with Crippen LogP contribution in [-0.4, -0.2) is 18.3 Å². The minimum absolute atomic E-state index is 0.440. The molecule has 1 fully saturated rings. The van der Waals surface area contributed by atoms with Crippen LogP contribution in [0.3, 0.4) is 0 Å². The van der Waals surface area contributed by atoms with Crippen molar-refractivity contribution in [1.82, 2.24) is 0 Å². The summed E-state index contributed by atoms with van der Waals surface area (Å²) in [5, 5.41) is 14.4. The van der Waals surface area contributed by atoms with Crippen LogP contribution in [0.4, 0.5) is 0 Å². The molecule has 0 unspecified atom stereocenters. The lowest BCUT2D eigenvalue weighted by Crippen LogP contribution is -2.41. The Kier molecular flexibility index (Phi) is 5.46. The van der Waals surface area contributed by atoms with E-state index in [1.54, 1.807) is 0 Å². The number of benzene rings is 5. The van der Waals surface area contributed by atoms with E-state index in [9.17, 15) is 5.26 Å². The number of rotatable bonds is 3. The Hall–Kier alpha value is -3.91. The van der Waals surface area contributed by atoms with Crippen molar-refractivity contribution in [2.45, 2.75) is 38.9 Å². The average molecular weight is 481 g/mol. The summed E-state index contributed by atoms with van der Waals surface area (Å²) in [6.07, 6.45) is 0. The zero-order valence-electron chi connectivity index (χ0n) is 21.6. The average Bonchev–Trinajstić information content (AvgIpc) is 3.14. The topological polar surface area (TPSA) is 42.2 Å². The predicted octanol–water partition coefficient (Wildman–Crippen LogP) is 7.50. The highest BCUT2D eigenvalue weighted by molar-refractivity contribution is 6.62. The molecule has 0 radical (unpaired) electrons. The standard InChI is InChI=1S/C33H28BNO2/c1-32(2)33(3,4)37-34(36-32)27-18-25(23-12-9-10-22(16-23)21-35)17-26(19-27)31-20-24-11-5-6-13-28(24)29-14-7-8-15-30(29)31/h5-20H,1-4H3. The molecule has 6 rings (SSSR count). The Morgan fingerprint density at radius 1 is 0.622 bits per heavy atom. The first-order chi connectivity index (χ1) is 17.8. The Morgan fingerprint density at radius 3 is 2.00 bits per heavy atom. The van der Waals surface area contributed by atoms with Gasteiger partial charge in [-0.3, -0.25) is 0 Å². The molecule has 180 valence electrons. The van der Waals surface area contributed by atoms with Crippen LogP contribution in [-0.2, 0) is 9.31 Å². The van der Waals surface area contributed by atoms with E-state index in [0.29, 0.717) is 5.56 Å². The van der Waals surface area contributed by atoms with Gasteiger partial charge in [-0.1, -0.05) is 72.8 Å². The van der Waals surface area contributed by atoms with Crippen molar-refractivity contribution in [2.75, 3.05) is 0 Å². The van der Waals surface area contributed by atoms with Crippen LogP contribution in [0.5, 0.6) is 0 Å². The number of hydrogen-bond donors (Lipinski definition) is 0. The zero-order chi connectivity index (χ0) is 25.8. The van der Waals surface area contributed by atoms with Gasteiger partial charge in [-0.2, -0.15) is 5.26 Å². The summed E-state index contributed by atoms with van der Waals surface area (Å²) < 4.78 is 12.9. The summed E-state index contributed by atoms with van der Waals surface area (Å²) in [4.78, 5) is 0. The Labute approximate surface area is 218 Å². The number of nitrogens with zero attached hydrogens (tertiary/aromatic N) is 1. The Bertz CT molecular complexity index is 1700. The van der Waals surface area contributed by atoms with E-state index in [4.69, 9.17) is 9.31 Å². The number of nitriles is 1. The normalized spacial score (nSPS) is 16.2. The highest BCUT2D eigenvalue weighted by Gasteiger charge is 2.51. The molecule has 0 saturated carbocycles. The van der Waals surface area contributed by atoms with Crippen molar-refractivity contribution in [1.29, 1.82) is 5.26 Å². The highest BCUT2D eigenvalue weighted by atomic mass is 16.7. The second-order valence-corrected chi connectivity index (χ2v) is 10.8. The molecule has 1 aliphatic heterocycles. The molecule has 5 aromatic rings. The molecule has 0 aliphatic carbocycles. The molecule has 5 aromatic carbocycles. The van der Waals surface area contributed by atoms with Crippen LogP contribution < -0.4 is 5.46 Å². The van der Waals surface area contributed by atoms with E-state index in [1.807, 2.05) is 24.3 Å². The molecule has 37 heavy (non-hydrogen) atoms. The molecule has 0 amide bonds. The molecule has 1 saturated heterocycles. The monoisotopic (exact) mass is 481 g/mol. The van der Waals surface area contributed by atoms with E-state index in [2.05, 4.69) is 107 Å². The summed E-state index contributed by atoms with van der Waals surface area (Å²) in [5.74, 6) is 0. The fourth-order valence-corrected chi connectivity index (χ4v) is 5.15. The van der Waals surface area contributed by atoms with Crippen LogP contribution >= 0.6 is 0 Å². The summed E-state index contributed by atoms with van der Waals surface area (Å²) in [6.45, 7) is 8.30. The van der Waals surface area contributed by atoms with E-state index >= 15 is 0 Å². The van der Waals surface area contributed by atoms with Gasteiger partial charge < -0.3 is 9.31 Å². The third kappa shape index (κ3) is 4.01. The van der Waals surface area contributed by atoms with Crippen LogP contribution in [0.25, 0.3) is 43.8 Å². The molecular weight excluding hydrogens is 453 g/mol. The van der Waals surface area contributed by atoms with Gasteiger partial charge in [0, 0.05) is 0 Å². The number of fused-ring (bicyclic) bond motifs is 3. The van der Waals surface area contributed by atoms with Crippen LogP contribution in [0.2, 0.25) is 0 Å². The molecule has 0 atom stereocenters. The Balaban J connectivity index is 1.61. The molecule has 0 aromatic heterocycles. The maximum absolute atomic E-state index is 9.51. The highest BCUT2D eigenvalue weighted by Crippen LogP contribution is 2.39. The van der Waals surface area contributed by atoms with E-state index in [-0.39, 0.29) is 0 Å². The fourth-order valence-electron chi connectivity index (χ4n) is 5.15. The zero-order valence-corrected chi connectivity index (χ0v) is 21.6. The van der Waals surface area contributed by atoms with E-state index in [0.717, 1.165) is 27.7 Å². The van der Waals surface area contributed by atoms with Gasteiger partial charge >= 0.3 is 7.12 Å². The van der Waals surface area contributed by atoms with Crippen molar-refractivity contribution >= 4 is 34.1 Å². The largest absolute Gasteiger partial charge is 0.494 e. The van der Waals surface area contributed by atoms with Gasteiger partial charge in [0.25, 0.3) is 0 Å². The fraction of sp³-hybridized carbons (Fsp3) is 0.182. The van der Waals surface area contributed by atoms with Gasteiger partial charge in [0.15, 0.2) is 0 Å². The van der Waals surface area contributed by atoms with Gasteiger partial charge in [-0.25, -0.2) is 0 Å². The minimum atomic E-state index is -0.491. The summed E-state index contributed by atoms with van der Waals surface area (Å²) >= 11 is 0. The lowest BCUT2D eigenvalue weighted by Gasteiger charge is -2.32. The number of hydrogen-bond acceptors (Lipinski definition) is 3. The van der Waals surface area contributed by atoms with Crippen molar-refractivity contribution < 1.29 is 9.31 Å². The van der Waals surface area contributed by atoms with Gasteiger partial charge in [0.05, 0.1) is 22.8 Å². The SMILES string of the molecule is CC1(C)OB(c2cc(-c3cccc(C#N)c3)cc(-c3cc4ccccc4c4ccccc34)c2)OC1(C)C. The van der Waals surface area contributed by atoms with Gasteiger partial charge in [0.1, 0.15) is 0 Å². The molecule has 1 aliphatic rings. The molecule has 1 heterocycles. The smallest absolute Gasteiger partial charge is 0.399 e. The molecular formula is C33H28BNO2. The molecule has 3 nitrogen and oxygen atoms in total. The molecule has 0 bridgehead atoms. The summed E-state index contributed by atoms with van der Waals surface area (Å²) in [5.41, 5.74) is 4.98. The van der Waals surface area contributed by atoms with Gasteiger partial charge in [-0.15, -0.1) is 0 Å². The lowest BCUT2D eigenvalue weighted by atomic mass is 9.76. The van der Waals surface area contributed by atoms with Crippen molar-refractivity contribution in [2.24, 2.45) is 0 Å².